The fraction of sp³-hybridized carbons (Fsp3) is 0.625. The first-order valence-electron chi connectivity index (χ1n) is 6.93. The predicted octanol–water partition coefficient (Wildman–Crippen LogP) is 3.09. The molecular formula is C16H25NO. The Morgan fingerprint density at radius 1 is 1.28 bits per heavy atom. The van der Waals surface area contributed by atoms with Crippen LogP contribution < -0.4 is 0 Å². The summed E-state index contributed by atoms with van der Waals surface area (Å²) in [6, 6.07) is 9.99. The van der Waals surface area contributed by atoms with Crippen LogP contribution in [0.5, 0.6) is 0 Å². The average molecular weight is 247 g/mol. The van der Waals surface area contributed by atoms with Gasteiger partial charge in [-0.2, -0.15) is 0 Å². The molecule has 2 rings (SSSR count). The molecule has 1 aromatic rings. The highest BCUT2D eigenvalue weighted by atomic mass is 16.3. The standard InChI is InChI=1S/C16H25NO/c1-13(11-17-10-9-16(2,3)12-17)15(18)14-7-5-4-6-8-14/h4-8,13,15,18H,9-12H2,1-3H3. The van der Waals surface area contributed by atoms with E-state index in [4.69, 9.17) is 0 Å². The van der Waals surface area contributed by atoms with Crippen LogP contribution in [0.15, 0.2) is 30.3 Å². The van der Waals surface area contributed by atoms with Crippen LogP contribution in [0.3, 0.4) is 0 Å². The van der Waals surface area contributed by atoms with E-state index in [1.807, 2.05) is 30.3 Å². The molecule has 2 nitrogen and oxygen atoms in total. The van der Waals surface area contributed by atoms with Crippen LogP contribution >= 0.6 is 0 Å². The van der Waals surface area contributed by atoms with Crippen LogP contribution in [-0.4, -0.2) is 29.6 Å². The molecule has 18 heavy (non-hydrogen) atoms. The molecule has 100 valence electrons. The van der Waals surface area contributed by atoms with Crippen LogP contribution in [0.4, 0.5) is 0 Å². The predicted molar refractivity (Wildman–Crippen MR) is 75.4 cm³/mol. The number of aliphatic hydroxyl groups is 1. The highest BCUT2D eigenvalue weighted by molar-refractivity contribution is 5.17. The second kappa shape index (κ2) is 5.41. The van der Waals surface area contributed by atoms with E-state index in [1.165, 1.54) is 13.0 Å². The van der Waals surface area contributed by atoms with Crippen LogP contribution in [0.1, 0.15) is 38.9 Å². The Balaban J connectivity index is 1.90. The molecule has 1 aliphatic rings. The Morgan fingerprint density at radius 3 is 2.50 bits per heavy atom. The molecule has 0 spiro atoms. The third kappa shape index (κ3) is 3.33. The van der Waals surface area contributed by atoms with Gasteiger partial charge >= 0.3 is 0 Å². The van der Waals surface area contributed by atoms with Gasteiger partial charge < -0.3 is 10.0 Å². The summed E-state index contributed by atoms with van der Waals surface area (Å²) in [5.41, 5.74) is 1.47. The Labute approximate surface area is 111 Å². The average Bonchev–Trinajstić information content (AvgIpc) is 2.68. The van der Waals surface area contributed by atoms with Crippen molar-refractivity contribution in [3.8, 4) is 0 Å². The minimum atomic E-state index is -0.352. The minimum absolute atomic E-state index is 0.279. The van der Waals surface area contributed by atoms with E-state index >= 15 is 0 Å². The number of hydrogen-bond acceptors (Lipinski definition) is 2. The quantitative estimate of drug-likeness (QED) is 0.884. The van der Waals surface area contributed by atoms with Gasteiger partial charge in [0.25, 0.3) is 0 Å². The zero-order valence-electron chi connectivity index (χ0n) is 11.8. The fourth-order valence-corrected chi connectivity index (χ4v) is 2.87. The van der Waals surface area contributed by atoms with E-state index in [1.54, 1.807) is 0 Å². The first-order chi connectivity index (χ1) is 8.48. The van der Waals surface area contributed by atoms with Crippen molar-refractivity contribution in [3.63, 3.8) is 0 Å². The topological polar surface area (TPSA) is 23.5 Å². The number of likely N-dealkylation sites (tertiary alicyclic amines) is 1. The summed E-state index contributed by atoms with van der Waals surface area (Å²) in [5.74, 6) is 0.279. The molecule has 0 saturated carbocycles. The summed E-state index contributed by atoms with van der Waals surface area (Å²) in [7, 11) is 0. The van der Waals surface area contributed by atoms with Crippen molar-refractivity contribution in [1.82, 2.24) is 4.90 Å². The molecule has 2 unspecified atom stereocenters. The number of hydrogen-bond donors (Lipinski definition) is 1. The number of nitrogens with zero attached hydrogens (tertiary/aromatic N) is 1. The number of aliphatic hydroxyl groups excluding tert-OH is 1. The molecule has 2 heteroatoms. The molecular weight excluding hydrogens is 222 g/mol. The summed E-state index contributed by atoms with van der Waals surface area (Å²) < 4.78 is 0. The van der Waals surface area contributed by atoms with Gasteiger partial charge in [0, 0.05) is 13.1 Å². The van der Waals surface area contributed by atoms with Crippen LogP contribution in [-0.2, 0) is 0 Å². The minimum Gasteiger partial charge on any atom is -0.388 e. The van der Waals surface area contributed by atoms with Crippen molar-refractivity contribution in [2.75, 3.05) is 19.6 Å². The van der Waals surface area contributed by atoms with Crippen molar-refractivity contribution in [3.05, 3.63) is 35.9 Å². The highest BCUT2D eigenvalue weighted by Crippen LogP contribution is 2.31. The zero-order chi connectivity index (χ0) is 13.2. The van der Waals surface area contributed by atoms with E-state index in [0.29, 0.717) is 5.41 Å². The van der Waals surface area contributed by atoms with Crippen LogP contribution in [0.2, 0.25) is 0 Å². The lowest BCUT2D eigenvalue weighted by molar-refractivity contribution is 0.0921. The molecule has 0 radical (unpaired) electrons. The largest absolute Gasteiger partial charge is 0.388 e. The molecule has 0 amide bonds. The molecule has 1 saturated heterocycles. The lowest BCUT2D eigenvalue weighted by Crippen LogP contribution is -2.30. The monoisotopic (exact) mass is 247 g/mol. The summed E-state index contributed by atoms with van der Waals surface area (Å²) >= 11 is 0. The maximum Gasteiger partial charge on any atom is 0.0827 e. The molecule has 0 aromatic heterocycles. The number of rotatable bonds is 4. The van der Waals surface area contributed by atoms with Gasteiger partial charge in [-0.15, -0.1) is 0 Å². The maximum absolute atomic E-state index is 10.4. The summed E-state index contributed by atoms with van der Waals surface area (Å²) in [4.78, 5) is 2.48. The van der Waals surface area contributed by atoms with Crippen molar-refractivity contribution in [2.24, 2.45) is 11.3 Å². The van der Waals surface area contributed by atoms with E-state index in [0.717, 1.165) is 18.7 Å². The lowest BCUT2D eigenvalue weighted by atomic mass is 9.93. The van der Waals surface area contributed by atoms with Crippen molar-refractivity contribution < 1.29 is 5.11 Å². The van der Waals surface area contributed by atoms with Crippen molar-refractivity contribution in [1.29, 1.82) is 0 Å². The van der Waals surface area contributed by atoms with E-state index in [2.05, 4.69) is 25.7 Å². The Hall–Kier alpha value is -0.860. The molecule has 1 aliphatic heterocycles. The summed E-state index contributed by atoms with van der Waals surface area (Å²) in [6.07, 6.45) is 0.913. The lowest BCUT2D eigenvalue weighted by Gasteiger charge is -2.26. The maximum atomic E-state index is 10.4. The third-order valence-corrected chi connectivity index (χ3v) is 3.98. The highest BCUT2D eigenvalue weighted by Gasteiger charge is 2.30. The third-order valence-electron chi connectivity index (χ3n) is 3.98. The van der Waals surface area contributed by atoms with E-state index in [9.17, 15) is 5.11 Å². The fourth-order valence-electron chi connectivity index (χ4n) is 2.87. The van der Waals surface area contributed by atoms with Crippen LogP contribution in [0.25, 0.3) is 0 Å². The number of benzene rings is 1. The molecule has 0 bridgehead atoms. The molecule has 1 fully saturated rings. The first kappa shape index (κ1) is 13.6. The van der Waals surface area contributed by atoms with Gasteiger partial charge in [0.2, 0.25) is 0 Å². The molecule has 1 N–H and O–H groups in total. The summed E-state index contributed by atoms with van der Waals surface area (Å²) in [6.45, 7) is 10.1. The van der Waals surface area contributed by atoms with Gasteiger partial charge in [0.05, 0.1) is 6.10 Å². The van der Waals surface area contributed by atoms with Gasteiger partial charge in [0.15, 0.2) is 0 Å². The first-order valence-corrected chi connectivity index (χ1v) is 6.93. The summed E-state index contributed by atoms with van der Waals surface area (Å²) in [5, 5.41) is 10.4. The van der Waals surface area contributed by atoms with Crippen molar-refractivity contribution in [2.45, 2.75) is 33.3 Å². The van der Waals surface area contributed by atoms with Crippen molar-refractivity contribution >= 4 is 0 Å². The second-order valence-corrected chi connectivity index (χ2v) is 6.48. The molecule has 0 aliphatic carbocycles. The Morgan fingerprint density at radius 2 is 1.94 bits per heavy atom. The second-order valence-electron chi connectivity index (χ2n) is 6.48. The molecule has 2 atom stereocenters. The smallest absolute Gasteiger partial charge is 0.0827 e. The van der Waals surface area contributed by atoms with Crippen LogP contribution in [0, 0.1) is 11.3 Å². The molecule has 1 aromatic carbocycles. The van der Waals surface area contributed by atoms with Gasteiger partial charge in [0.1, 0.15) is 0 Å². The Kier molecular flexibility index (Phi) is 4.08. The van der Waals surface area contributed by atoms with E-state index < -0.39 is 0 Å². The molecule has 1 heterocycles. The normalized spacial score (nSPS) is 22.9. The Bertz CT molecular complexity index is 374. The SMILES string of the molecule is CC(CN1CCC(C)(C)C1)C(O)c1ccccc1. The van der Waals surface area contributed by atoms with Gasteiger partial charge in [-0.1, -0.05) is 51.1 Å². The van der Waals surface area contributed by atoms with Gasteiger partial charge in [-0.3, -0.25) is 0 Å². The zero-order valence-corrected chi connectivity index (χ0v) is 11.8. The van der Waals surface area contributed by atoms with Gasteiger partial charge in [-0.05, 0) is 29.9 Å². The van der Waals surface area contributed by atoms with Gasteiger partial charge in [-0.25, -0.2) is 0 Å². The van der Waals surface area contributed by atoms with E-state index in [-0.39, 0.29) is 12.0 Å².